The van der Waals surface area contributed by atoms with Gasteiger partial charge in [0.2, 0.25) is 5.91 Å². The van der Waals surface area contributed by atoms with Gasteiger partial charge in [0.05, 0.1) is 21.7 Å². The first-order chi connectivity index (χ1) is 14.3. The van der Waals surface area contributed by atoms with Crippen molar-refractivity contribution in [2.24, 2.45) is 16.9 Å². The first-order valence-electron chi connectivity index (χ1n) is 9.56. The number of thiazole rings is 1. The Bertz CT molecular complexity index is 955. The number of hydrogen-bond donors (Lipinski definition) is 3. The number of urea groups is 1. The lowest BCUT2D eigenvalue weighted by Crippen LogP contribution is -2.55. The van der Waals surface area contributed by atoms with E-state index < -0.39 is 29.1 Å². The van der Waals surface area contributed by atoms with Crippen LogP contribution in [0.15, 0.2) is 16.9 Å². The van der Waals surface area contributed by atoms with Crippen molar-refractivity contribution >= 4 is 45.9 Å². The number of rotatable bonds is 6. The molecule has 31 heavy (non-hydrogen) atoms. The molecule has 2 heterocycles. The number of nitrogens with zero attached hydrogens (tertiary/aromatic N) is 2. The molecule has 12 heteroatoms. The number of amides is 3. The van der Waals surface area contributed by atoms with Gasteiger partial charge in [0.1, 0.15) is 5.54 Å². The van der Waals surface area contributed by atoms with Crippen LogP contribution in [-0.2, 0) is 4.79 Å². The van der Waals surface area contributed by atoms with E-state index in [1.807, 2.05) is 0 Å². The molecule has 5 N–H and O–H groups in total. The van der Waals surface area contributed by atoms with Crippen molar-refractivity contribution in [2.45, 2.75) is 51.2 Å². The number of thioether (sulfide) groups is 1. The maximum Gasteiger partial charge on any atom is 0.398 e. The molecule has 1 aliphatic heterocycles. The second-order valence-electron chi connectivity index (χ2n) is 7.95. The van der Waals surface area contributed by atoms with Gasteiger partial charge in [0.25, 0.3) is 0 Å². The minimum Gasteiger partial charge on any atom is -0.397 e. The zero-order valence-corrected chi connectivity index (χ0v) is 18.8. The fourth-order valence-electron chi connectivity index (χ4n) is 3.57. The smallest absolute Gasteiger partial charge is 0.397 e. The van der Waals surface area contributed by atoms with Gasteiger partial charge < -0.3 is 16.4 Å². The third-order valence-electron chi connectivity index (χ3n) is 5.84. The molecule has 0 bridgehead atoms. The molecule has 1 aliphatic carbocycles. The number of anilines is 1. The summed E-state index contributed by atoms with van der Waals surface area (Å²) in [7, 11) is 0. The molecule has 2 aliphatic rings. The Morgan fingerprint density at radius 2 is 1.97 bits per heavy atom. The van der Waals surface area contributed by atoms with E-state index in [4.69, 9.17) is 11.5 Å². The van der Waals surface area contributed by atoms with Crippen LogP contribution in [0, 0.1) is 12.3 Å². The molecular formula is C19H24F3N5O2S2. The normalized spacial score (nSPS) is 23.0. The molecule has 0 unspecified atom stereocenters. The molecule has 7 nitrogen and oxygen atoms in total. The Morgan fingerprint density at radius 1 is 1.32 bits per heavy atom. The second kappa shape index (κ2) is 8.05. The van der Waals surface area contributed by atoms with Gasteiger partial charge in [-0.25, -0.2) is 9.78 Å². The summed E-state index contributed by atoms with van der Waals surface area (Å²) in [6, 6.07) is -0.495. The van der Waals surface area contributed by atoms with E-state index in [1.54, 1.807) is 13.8 Å². The van der Waals surface area contributed by atoms with Crippen LogP contribution < -0.4 is 16.8 Å². The molecule has 1 saturated carbocycles. The summed E-state index contributed by atoms with van der Waals surface area (Å²) in [4.78, 5) is 30.6. The zero-order chi connectivity index (χ0) is 23.2. The van der Waals surface area contributed by atoms with Crippen molar-refractivity contribution in [1.82, 2.24) is 9.88 Å². The number of carbonyl (C=O) groups excluding carboxylic acids is 2. The summed E-state index contributed by atoms with van der Waals surface area (Å²) in [5, 5.41) is 4.35. The molecule has 3 amide bonds. The van der Waals surface area contributed by atoms with E-state index in [0.29, 0.717) is 30.0 Å². The minimum atomic E-state index is -4.33. The van der Waals surface area contributed by atoms with Gasteiger partial charge in [-0.15, -0.1) is 11.8 Å². The van der Waals surface area contributed by atoms with Crippen molar-refractivity contribution < 1.29 is 22.8 Å². The zero-order valence-electron chi connectivity index (χ0n) is 17.1. The van der Waals surface area contributed by atoms with E-state index >= 15 is 0 Å². The fourth-order valence-corrected chi connectivity index (χ4v) is 5.46. The molecule has 1 atom stereocenters. The molecule has 0 aromatic carbocycles. The highest BCUT2D eigenvalue weighted by Gasteiger charge is 2.64. The lowest BCUT2D eigenvalue weighted by atomic mass is 9.98. The van der Waals surface area contributed by atoms with E-state index in [1.165, 1.54) is 10.3 Å². The van der Waals surface area contributed by atoms with Crippen LogP contribution in [0.2, 0.25) is 0 Å². The summed E-state index contributed by atoms with van der Waals surface area (Å²) in [5.41, 5.74) is 9.40. The van der Waals surface area contributed by atoms with Gasteiger partial charge in [0, 0.05) is 12.0 Å². The summed E-state index contributed by atoms with van der Waals surface area (Å²) in [6.45, 7) is 7.29. The third-order valence-corrected chi connectivity index (χ3v) is 8.01. The Labute approximate surface area is 186 Å². The van der Waals surface area contributed by atoms with Gasteiger partial charge in [-0.1, -0.05) is 17.9 Å². The van der Waals surface area contributed by atoms with Crippen molar-refractivity contribution in [3.05, 3.63) is 27.5 Å². The summed E-state index contributed by atoms with van der Waals surface area (Å²) < 4.78 is 39.6. The molecule has 170 valence electrons. The minimum absolute atomic E-state index is 0.0124. The topological polar surface area (TPSA) is 114 Å². The van der Waals surface area contributed by atoms with Crippen molar-refractivity contribution in [2.75, 3.05) is 11.9 Å². The molecule has 0 spiro atoms. The average Bonchev–Trinajstić information content (AvgIpc) is 3.29. The van der Waals surface area contributed by atoms with Crippen molar-refractivity contribution in [3.63, 3.8) is 0 Å². The molecule has 0 radical (unpaired) electrons. The first-order valence-corrected chi connectivity index (χ1v) is 11.3. The van der Waals surface area contributed by atoms with E-state index in [2.05, 4.69) is 16.9 Å². The largest absolute Gasteiger partial charge is 0.398 e. The van der Waals surface area contributed by atoms with Crippen LogP contribution in [0.3, 0.4) is 0 Å². The van der Waals surface area contributed by atoms with E-state index in [9.17, 15) is 22.8 Å². The van der Waals surface area contributed by atoms with Gasteiger partial charge in [-0.2, -0.15) is 13.2 Å². The second-order valence-corrected chi connectivity index (χ2v) is 9.91. The SMILES string of the molecule is C=C(S/C=C(\N)c1sc(NC(=O)N2CCC[C@@]2(C)C(N)=O)nc1C)C1(C(F)(F)F)CC1. The van der Waals surface area contributed by atoms with Crippen LogP contribution in [0.1, 0.15) is 43.2 Å². The summed E-state index contributed by atoms with van der Waals surface area (Å²) >= 11 is 1.96. The van der Waals surface area contributed by atoms with Crippen LogP contribution in [0.4, 0.5) is 23.1 Å². The maximum absolute atomic E-state index is 13.2. The van der Waals surface area contributed by atoms with Crippen molar-refractivity contribution in [3.8, 4) is 0 Å². The number of carbonyl (C=O) groups is 2. The molecule has 1 aromatic rings. The highest BCUT2D eigenvalue weighted by molar-refractivity contribution is 8.06. The summed E-state index contributed by atoms with van der Waals surface area (Å²) in [6.07, 6.45) is -3.12. The van der Waals surface area contributed by atoms with E-state index in [-0.39, 0.29) is 28.6 Å². The number of primary amides is 1. The molecule has 3 rings (SSSR count). The monoisotopic (exact) mass is 475 g/mol. The molecule has 2 fully saturated rings. The van der Waals surface area contributed by atoms with Gasteiger partial charge in [-0.05, 0) is 44.4 Å². The lowest BCUT2D eigenvalue weighted by molar-refractivity contribution is -0.172. The number of halogens is 3. The molecule has 1 aromatic heterocycles. The Kier molecular flexibility index (Phi) is 6.09. The number of aromatic nitrogens is 1. The maximum atomic E-state index is 13.2. The molecule has 1 saturated heterocycles. The van der Waals surface area contributed by atoms with Crippen LogP contribution in [0.25, 0.3) is 5.70 Å². The number of alkyl halides is 3. The predicted molar refractivity (Wildman–Crippen MR) is 116 cm³/mol. The Hall–Kier alpha value is -2.21. The van der Waals surface area contributed by atoms with Crippen LogP contribution >= 0.6 is 23.1 Å². The number of likely N-dealkylation sites (tertiary alicyclic amines) is 1. The Morgan fingerprint density at radius 3 is 2.52 bits per heavy atom. The summed E-state index contributed by atoms with van der Waals surface area (Å²) in [5.74, 6) is -0.576. The van der Waals surface area contributed by atoms with Crippen LogP contribution in [0.5, 0.6) is 0 Å². The highest BCUT2D eigenvalue weighted by atomic mass is 32.2. The van der Waals surface area contributed by atoms with Gasteiger partial charge in [-0.3, -0.25) is 10.1 Å². The predicted octanol–water partition coefficient (Wildman–Crippen LogP) is 4.17. The average molecular weight is 476 g/mol. The highest BCUT2D eigenvalue weighted by Crippen LogP contribution is 2.64. The molecular weight excluding hydrogens is 451 g/mol. The van der Waals surface area contributed by atoms with E-state index in [0.717, 1.165) is 23.1 Å². The number of nitrogens with one attached hydrogen (secondary N) is 1. The van der Waals surface area contributed by atoms with Crippen molar-refractivity contribution in [1.29, 1.82) is 0 Å². The van der Waals surface area contributed by atoms with Crippen LogP contribution in [-0.4, -0.2) is 40.1 Å². The van der Waals surface area contributed by atoms with Gasteiger partial charge in [0.15, 0.2) is 5.13 Å². The number of hydrogen-bond acceptors (Lipinski definition) is 6. The number of allylic oxidation sites excluding steroid dienone is 1. The number of aryl methyl sites for hydroxylation is 1. The fraction of sp³-hybridized carbons (Fsp3) is 0.526. The lowest BCUT2D eigenvalue weighted by Gasteiger charge is -2.31. The third kappa shape index (κ3) is 4.27. The van der Waals surface area contributed by atoms with Gasteiger partial charge >= 0.3 is 12.2 Å². The standard InChI is InChI=1S/C19H24F3N5O2S2/c1-10-13(12(23)9-30-11(2)18(6-7-18)19(20,21)22)31-15(25-10)26-16(29)27-8-4-5-17(27,3)14(24)28/h9H,2,4-8,23H2,1,3H3,(H2,24,28)(H,25,26,29)/b12-9-/t17-/m0/s1. The first kappa shape index (κ1) is 23.5. The quantitative estimate of drug-likeness (QED) is 0.571. The Balaban J connectivity index is 1.69. The number of nitrogens with two attached hydrogens (primary N) is 2.